The molecule has 0 amide bonds. The third-order valence-electron chi connectivity index (χ3n) is 5.51. The Bertz CT molecular complexity index is 1170. The molecule has 2 heterocycles. The average Bonchev–Trinajstić information content (AvgIpc) is 2.79. The lowest BCUT2D eigenvalue weighted by Gasteiger charge is -2.32. The molecule has 0 spiro atoms. The summed E-state index contributed by atoms with van der Waals surface area (Å²) in [5.41, 5.74) is 3.59. The fraction of sp³-hybridized carbons (Fsp3) is 0.280. The van der Waals surface area contributed by atoms with Crippen molar-refractivity contribution >= 4 is 34.9 Å². The van der Waals surface area contributed by atoms with E-state index in [1.165, 1.54) is 6.07 Å². The summed E-state index contributed by atoms with van der Waals surface area (Å²) in [6, 6.07) is 9.86. The number of fused-ring (bicyclic) bond motifs is 1. The summed E-state index contributed by atoms with van der Waals surface area (Å²) in [5, 5.41) is 0.911. The molecule has 0 radical (unpaired) electrons. The highest BCUT2D eigenvalue weighted by molar-refractivity contribution is 6.30. The fourth-order valence-corrected chi connectivity index (χ4v) is 4.29. The van der Waals surface area contributed by atoms with Gasteiger partial charge in [-0.3, -0.25) is 4.98 Å². The van der Waals surface area contributed by atoms with E-state index in [0.717, 1.165) is 36.2 Å². The van der Waals surface area contributed by atoms with E-state index in [1.54, 1.807) is 43.6 Å². The van der Waals surface area contributed by atoms with Crippen LogP contribution in [0.15, 0.2) is 48.8 Å². The number of carbonyl (C=O) groups excluding carboxylic acids is 1. The van der Waals surface area contributed by atoms with Gasteiger partial charge in [-0.15, -0.1) is 0 Å². The predicted octanol–water partition coefficient (Wildman–Crippen LogP) is 6.24. The third-order valence-corrected chi connectivity index (χ3v) is 5.98. The molecular formula is C25H23Cl2FN2O3. The molecule has 4 rings (SSSR count). The number of anilines is 1. The molecule has 0 saturated heterocycles. The van der Waals surface area contributed by atoms with Crippen molar-refractivity contribution in [2.75, 3.05) is 18.1 Å². The molecule has 0 fully saturated rings. The van der Waals surface area contributed by atoms with Gasteiger partial charge in [-0.1, -0.05) is 29.3 Å². The monoisotopic (exact) mass is 488 g/mol. The highest BCUT2D eigenvalue weighted by atomic mass is 35.5. The van der Waals surface area contributed by atoms with Crippen molar-refractivity contribution in [3.8, 4) is 5.75 Å². The quantitative estimate of drug-likeness (QED) is 0.368. The molecule has 33 heavy (non-hydrogen) atoms. The summed E-state index contributed by atoms with van der Waals surface area (Å²) in [6.07, 6.45) is 4.99. The molecule has 1 aliphatic heterocycles. The molecular weight excluding hydrogens is 466 g/mol. The Labute approximate surface area is 202 Å². The van der Waals surface area contributed by atoms with Crippen LogP contribution in [0.5, 0.6) is 5.75 Å². The Morgan fingerprint density at radius 3 is 2.70 bits per heavy atom. The van der Waals surface area contributed by atoms with Crippen LogP contribution in [-0.4, -0.2) is 24.1 Å². The molecule has 172 valence electrons. The molecule has 0 atom stereocenters. The van der Waals surface area contributed by atoms with Gasteiger partial charge in [-0.2, -0.15) is 0 Å². The van der Waals surface area contributed by atoms with E-state index in [1.807, 2.05) is 6.07 Å². The summed E-state index contributed by atoms with van der Waals surface area (Å²) >= 11 is 12.1. The van der Waals surface area contributed by atoms with E-state index in [0.29, 0.717) is 40.1 Å². The van der Waals surface area contributed by atoms with Gasteiger partial charge in [0.05, 0.1) is 24.1 Å². The Morgan fingerprint density at radius 1 is 1.12 bits per heavy atom. The van der Waals surface area contributed by atoms with E-state index in [9.17, 15) is 9.18 Å². The molecule has 8 heteroatoms. The van der Waals surface area contributed by atoms with Gasteiger partial charge in [0.1, 0.15) is 18.2 Å². The molecule has 1 aromatic heterocycles. The Hall–Kier alpha value is -2.83. The normalized spacial score (nSPS) is 12.9. The lowest BCUT2D eigenvalue weighted by atomic mass is 9.98. The van der Waals surface area contributed by atoms with Gasteiger partial charge in [-0.05, 0) is 55.7 Å². The first-order valence-corrected chi connectivity index (χ1v) is 11.5. The second-order valence-electron chi connectivity index (χ2n) is 7.71. The summed E-state index contributed by atoms with van der Waals surface area (Å²) < 4.78 is 25.3. The number of nitrogens with zero attached hydrogens (tertiary/aromatic N) is 2. The van der Waals surface area contributed by atoms with Crippen molar-refractivity contribution in [3.63, 3.8) is 0 Å². The minimum absolute atomic E-state index is 0.0583. The van der Waals surface area contributed by atoms with E-state index < -0.39 is 5.82 Å². The van der Waals surface area contributed by atoms with Crippen LogP contribution in [0.1, 0.15) is 40.4 Å². The van der Waals surface area contributed by atoms with E-state index in [4.69, 9.17) is 32.7 Å². The van der Waals surface area contributed by atoms with E-state index >= 15 is 0 Å². The summed E-state index contributed by atoms with van der Waals surface area (Å²) in [7, 11) is 0. The van der Waals surface area contributed by atoms with Crippen LogP contribution in [0, 0.1) is 5.82 Å². The molecule has 0 aliphatic carbocycles. The fourth-order valence-electron chi connectivity index (χ4n) is 3.94. The smallest absolute Gasteiger partial charge is 0.340 e. The number of pyridine rings is 1. The SMILES string of the molecule is CCOC(=O)c1cncc2c1CCCN2Cc1cc(Cl)ccc1OCc1ccc(Cl)cc1F. The lowest BCUT2D eigenvalue weighted by Crippen LogP contribution is -2.30. The van der Waals surface area contributed by atoms with Gasteiger partial charge in [0.15, 0.2) is 0 Å². The number of aromatic nitrogens is 1. The zero-order valence-corrected chi connectivity index (χ0v) is 19.6. The summed E-state index contributed by atoms with van der Waals surface area (Å²) in [6.45, 7) is 3.44. The predicted molar refractivity (Wildman–Crippen MR) is 127 cm³/mol. The van der Waals surface area contributed by atoms with Crippen molar-refractivity contribution in [2.45, 2.75) is 32.9 Å². The van der Waals surface area contributed by atoms with Crippen LogP contribution >= 0.6 is 23.2 Å². The highest BCUT2D eigenvalue weighted by Crippen LogP contribution is 2.33. The highest BCUT2D eigenvalue weighted by Gasteiger charge is 2.24. The van der Waals surface area contributed by atoms with Crippen molar-refractivity contribution in [3.05, 3.63) is 86.9 Å². The van der Waals surface area contributed by atoms with Gasteiger partial charge in [0, 0.05) is 40.5 Å². The zero-order chi connectivity index (χ0) is 23.4. The maximum absolute atomic E-state index is 14.2. The van der Waals surface area contributed by atoms with Crippen molar-refractivity contribution in [1.29, 1.82) is 0 Å². The second-order valence-corrected chi connectivity index (χ2v) is 8.58. The number of benzene rings is 2. The van der Waals surface area contributed by atoms with Gasteiger partial charge in [0.25, 0.3) is 0 Å². The molecule has 0 bridgehead atoms. The Morgan fingerprint density at radius 2 is 1.91 bits per heavy atom. The van der Waals surface area contributed by atoms with Crippen LogP contribution in [0.4, 0.5) is 10.1 Å². The van der Waals surface area contributed by atoms with Crippen LogP contribution in [0.25, 0.3) is 0 Å². The van der Waals surface area contributed by atoms with Crippen molar-refractivity contribution in [2.24, 2.45) is 0 Å². The largest absolute Gasteiger partial charge is 0.488 e. The number of rotatable bonds is 7. The average molecular weight is 489 g/mol. The van der Waals surface area contributed by atoms with Gasteiger partial charge in [0.2, 0.25) is 0 Å². The Balaban J connectivity index is 1.58. The number of hydrogen-bond donors (Lipinski definition) is 0. The topological polar surface area (TPSA) is 51.7 Å². The molecule has 5 nitrogen and oxygen atoms in total. The van der Waals surface area contributed by atoms with Crippen molar-refractivity contribution in [1.82, 2.24) is 4.98 Å². The molecule has 1 aliphatic rings. The van der Waals surface area contributed by atoms with Crippen LogP contribution in [0.2, 0.25) is 10.0 Å². The standard InChI is InChI=1S/C25H23Cl2FN2O3/c1-2-32-25(31)21-12-29-13-23-20(21)4-3-9-30(23)14-17-10-18(26)7-8-24(17)33-15-16-5-6-19(27)11-22(16)28/h5-8,10-13H,2-4,9,14-15H2,1H3. The molecule has 3 aromatic rings. The summed E-state index contributed by atoms with van der Waals surface area (Å²) in [5.74, 6) is -0.170. The maximum Gasteiger partial charge on any atom is 0.340 e. The number of halogens is 3. The first-order chi connectivity index (χ1) is 16.0. The minimum atomic E-state index is -0.416. The van der Waals surface area contributed by atoms with Crippen molar-refractivity contribution < 1.29 is 18.7 Å². The van der Waals surface area contributed by atoms with E-state index in [-0.39, 0.29) is 12.6 Å². The molecule has 0 N–H and O–H groups in total. The number of ether oxygens (including phenoxy) is 2. The number of hydrogen-bond acceptors (Lipinski definition) is 5. The van der Waals surface area contributed by atoms with Crippen LogP contribution < -0.4 is 9.64 Å². The number of esters is 1. The maximum atomic E-state index is 14.2. The van der Waals surface area contributed by atoms with Gasteiger partial charge >= 0.3 is 5.97 Å². The van der Waals surface area contributed by atoms with Crippen LogP contribution in [0.3, 0.4) is 0 Å². The van der Waals surface area contributed by atoms with E-state index in [2.05, 4.69) is 9.88 Å². The third kappa shape index (κ3) is 5.40. The number of carbonyl (C=O) groups is 1. The zero-order valence-electron chi connectivity index (χ0n) is 18.1. The van der Waals surface area contributed by atoms with Crippen LogP contribution in [-0.2, 0) is 24.3 Å². The molecule has 2 aromatic carbocycles. The molecule has 0 unspecified atom stereocenters. The second kappa shape index (κ2) is 10.4. The lowest BCUT2D eigenvalue weighted by molar-refractivity contribution is 0.0524. The first-order valence-electron chi connectivity index (χ1n) is 10.7. The first kappa shape index (κ1) is 23.3. The minimum Gasteiger partial charge on any atom is -0.488 e. The van der Waals surface area contributed by atoms with Gasteiger partial charge < -0.3 is 14.4 Å². The van der Waals surface area contributed by atoms with Gasteiger partial charge in [-0.25, -0.2) is 9.18 Å². The Kier molecular flexibility index (Phi) is 7.36. The summed E-state index contributed by atoms with van der Waals surface area (Å²) in [4.78, 5) is 18.8. The molecule has 0 saturated carbocycles.